The Kier molecular flexibility index (Phi) is 1210. The molecule has 0 aliphatic carbocycles. The first-order chi connectivity index (χ1) is 0. The Hall–Kier alpha value is 5.69. The fourth-order valence-electron chi connectivity index (χ4n) is 0. The third-order valence-electron chi connectivity index (χ3n) is 0. The maximum absolute atomic E-state index is 0. The van der Waals surface area contributed by atoms with Gasteiger partial charge >= 0.3 is 114 Å². The molecule has 0 atom stereocenters. The molecule has 0 aromatic carbocycles. The van der Waals surface area contributed by atoms with Gasteiger partial charge in [-0.15, -0.1) is 0 Å². The standard InChI is InChI=1S/7ClH.K.Li.2Ti/h7*1H;;;;/q;;;;;;;2*+1;2*+4/p-7. The van der Waals surface area contributed by atoms with Gasteiger partial charge in [0.05, 0.1) is 0 Å². The van der Waals surface area contributed by atoms with Crippen molar-refractivity contribution in [1.29, 1.82) is 0 Å². The van der Waals surface area contributed by atoms with Crippen molar-refractivity contribution in [3.05, 3.63) is 0 Å². The molecule has 0 saturated carbocycles. The van der Waals surface area contributed by atoms with Crippen molar-refractivity contribution < 1.29 is 201 Å². The second-order valence-corrected chi connectivity index (χ2v) is 0. The van der Waals surface area contributed by atoms with Crippen LogP contribution in [-0.4, -0.2) is 0 Å². The van der Waals surface area contributed by atoms with Gasteiger partial charge in [-0.2, -0.15) is 0 Å². The molecule has 0 nitrogen and oxygen atoms in total. The summed E-state index contributed by atoms with van der Waals surface area (Å²) in [7, 11) is 0. The molecule has 0 amide bonds. The first-order valence-electron chi connectivity index (χ1n) is 0. The SMILES string of the molecule is [Cl-].[Cl-].[Cl-].[Cl-].[Cl-].[Cl-].[Cl-].[K+].[Li+].[Ti+4].[Ti+4]. The Labute approximate surface area is 196 Å². The van der Waals surface area contributed by atoms with E-state index >= 15 is 0 Å². The Morgan fingerprint density at radius 3 is 0.364 bits per heavy atom. The summed E-state index contributed by atoms with van der Waals surface area (Å²) in [6, 6.07) is 0. The molecule has 0 aliphatic rings. The minimum absolute atomic E-state index is 0. The molecule has 0 heterocycles. The van der Waals surface area contributed by atoms with Crippen LogP contribution in [0.15, 0.2) is 0 Å². The summed E-state index contributed by atoms with van der Waals surface area (Å²) < 4.78 is 0. The van der Waals surface area contributed by atoms with E-state index in [0.717, 1.165) is 0 Å². The van der Waals surface area contributed by atoms with Crippen LogP contribution in [0.1, 0.15) is 0 Å². The van der Waals surface area contributed by atoms with E-state index in [1.165, 1.54) is 0 Å². The van der Waals surface area contributed by atoms with Crippen LogP contribution in [0.25, 0.3) is 0 Å². The van der Waals surface area contributed by atoms with Crippen LogP contribution < -0.4 is 157 Å². The summed E-state index contributed by atoms with van der Waals surface area (Å²) in [5, 5.41) is 0. The molecule has 0 radical (unpaired) electrons. The molecule has 0 saturated heterocycles. The van der Waals surface area contributed by atoms with E-state index in [0.29, 0.717) is 0 Å². The molecule has 0 aromatic heterocycles. The summed E-state index contributed by atoms with van der Waals surface area (Å²) in [5.41, 5.74) is 0. The van der Waals surface area contributed by atoms with E-state index in [-0.39, 0.29) is 201 Å². The van der Waals surface area contributed by atoms with Crippen molar-refractivity contribution in [3.8, 4) is 0 Å². The zero-order chi connectivity index (χ0) is 0. The number of halogens is 7. The molecule has 0 aromatic rings. The van der Waals surface area contributed by atoms with Crippen molar-refractivity contribution in [2.75, 3.05) is 0 Å². The van der Waals surface area contributed by atoms with Gasteiger partial charge in [-0.05, 0) is 0 Å². The smallest absolute Gasteiger partial charge is 1.00 e. The van der Waals surface area contributed by atoms with E-state index < -0.39 is 0 Å². The van der Waals surface area contributed by atoms with Gasteiger partial charge in [0.15, 0.2) is 0 Å². The topological polar surface area (TPSA) is 0 Å². The molecule has 11 heavy (non-hydrogen) atoms. The van der Waals surface area contributed by atoms with E-state index in [1.807, 2.05) is 0 Å². The van der Waals surface area contributed by atoms with Crippen molar-refractivity contribution in [3.63, 3.8) is 0 Å². The molecule has 0 rings (SSSR count). The van der Waals surface area contributed by atoms with Crippen molar-refractivity contribution in [1.82, 2.24) is 0 Å². The van der Waals surface area contributed by atoms with Gasteiger partial charge in [0.2, 0.25) is 0 Å². The molecular formula is Cl7KLiTi2+3. The summed E-state index contributed by atoms with van der Waals surface area (Å²) in [6.07, 6.45) is 0. The molecular weight excluding hydrogens is 390 g/mol. The van der Waals surface area contributed by atoms with Gasteiger partial charge in [0, 0.05) is 0 Å². The normalized spacial score (nSPS) is 0. The molecule has 0 unspecified atom stereocenters. The number of rotatable bonds is 0. The molecule has 0 fully saturated rings. The van der Waals surface area contributed by atoms with Crippen LogP contribution in [0, 0.1) is 0 Å². The zero-order valence-electron chi connectivity index (χ0n) is 5.65. The van der Waals surface area contributed by atoms with Crippen molar-refractivity contribution >= 4 is 0 Å². The first kappa shape index (κ1) is 127. The number of hydrogen-bond donors (Lipinski definition) is 0. The molecule has 56 valence electrons. The third-order valence-corrected chi connectivity index (χ3v) is 0. The Bertz CT molecular complexity index is 16.4. The fourth-order valence-corrected chi connectivity index (χ4v) is 0. The minimum Gasteiger partial charge on any atom is -1.00 e. The molecule has 11 heteroatoms. The average molecular weight is 390 g/mol. The van der Waals surface area contributed by atoms with Gasteiger partial charge in [-0.1, -0.05) is 0 Å². The van der Waals surface area contributed by atoms with Crippen LogP contribution >= 0.6 is 0 Å². The van der Waals surface area contributed by atoms with Crippen LogP contribution in [0.4, 0.5) is 0 Å². The van der Waals surface area contributed by atoms with Gasteiger partial charge < -0.3 is 86.8 Å². The third kappa shape index (κ3) is 90.8. The van der Waals surface area contributed by atoms with Gasteiger partial charge in [0.1, 0.15) is 0 Å². The predicted molar refractivity (Wildman–Crippen MR) is 0 cm³/mol. The van der Waals surface area contributed by atoms with E-state index in [4.69, 9.17) is 0 Å². The molecule has 0 bridgehead atoms. The largest absolute Gasteiger partial charge is 4.00 e. The van der Waals surface area contributed by atoms with E-state index in [1.54, 1.807) is 0 Å². The Morgan fingerprint density at radius 1 is 0.364 bits per heavy atom. The number of hydrogen-bond acceptors (Lipinski definition) is 0. The summed E-state index contributed by atoms with van der Waals surface area (Å²) in [6.45, 7) is 0. The van der Waals surface area contributed by atoms with Crippen LogP contribution in [-0.2, 0) is 43.4 Å². The average Bonchev–Trinajstić information content (AvgIpc) is 0. The Balaban J connectivity index is 0. The quantitative estimate of drug-likeness (QED) is 0.361. The summed E-state index contributed by atoms with van der Waals surface area (Å²) in [4.78, 5) is 0. The monoisotopic (exact) mass is 387 g/mol. The van der Waals surface area contributed by atoms with Gasteiger partial charge in [-0.25, -0.2) is 0 Å². The second-order valence-electron chi connectivity index (χ2n) is 0. The second kappa shape index (κ2) is 105. The van der Waals surface area contributed by atoms with Gasteiger partial charge in [-0.3, -0.25) is 0 Å². The fraction of sp³-hybridized carbons (Fsp3) is 0. The first-order valence-corrected chi connectivity index (χ1v) is 0. The predicted octanol–water partition coefficient (Wildman–Crippen LogP) is -27.0. The van der Waals surface area contributed by atoms with Crippen LogP contribution in [0.3, 0.4) is 0 Å². The van der Waals surface area contributed by atoms with Gasteiger partial charge in [0.25, 0.3) is 0 Å². The molecule has 0 spiro atoms. The minimum atomic E-state index is 0. The van der Waals surface area contributed by atoms with Crippen molar-refractivity contribution in [2.45, 2.75) is 0 Å². The molecule has 0 aliphatic heterocycles. The molecule has 0 N–H and O–H groups in total. The summed E-state index contributed by atoms with van der Waals surface area (Å²) >= 11 is 0. The van der Waals surface area contributed by atoms with Crippen LogP contribution in [0.5, 0.6) is 0 Å². The van der Waals surface area contributed by atoms with E-state index in [9.17, 15) is 0 Å². The zero-order valence-corrected chi connectivity index (χ0v) is 17.2. The van der Waals surface area contributed by atoms with Crippen molar-refractivity contribution in [2.24, 2.45) is 0 Å². The Morgan fingerprint density at radius 2 is 0.364 bits per heavy atom. The maximum Gasteiger partial charge on any atom is 4.00 e. The summed E-state index contributed by atoms with van der Waals surface area (Å²) in [5.74, 6) is 0. The van der Waals surface area contributed by atoms with E-state index in [2.05, 4.69) is 0 Å². The van der Waals surface area contributed by atoms with Crippen LogP contribution in [0.2, 0.25) is 0 Å². The maximum atomic E-state index is 0.